The number of hydrogen-bond donors (Lipinski definition) is 2. The lowest BCUT2D eigenvalue weighted by Crippen LogP contribution is -2.42. The largest absolute Gasteiger partial charge is 0.482 e. The number of nitrogens with one attached hydrogen (secondary N) is 1. The Morgan fingerprint density at radius 3 is 2.85 bits per heavy atom. The fraction of sp³-hybridized carbons (Fsp3) is 0.286. The Kier molecular flexibility index (Phi) is 5.88. The van der Waals surface area contributed by atoms with E-state index in [9.17, 15) is 9.59 Å². The molecule has 0 aliphatic heterocycles. The molecule has 0 saturated carbocycles. The van der Waals surface area contributed by atoms with Crippen molar-refractivity contribution in [2.24, 2.45) is 0 Å². The first-order valence-electron chi connectivity index (χ1n) is 5.78. The Bertz CT molecular complexity index is 551. The third-order valence-electron chi connectivity index (χ3n) is 2.40. The summed E-state index contributed by atoms with van der Waals surface area (Å²) in [5.41, 5.74) is 0.931. The summed E-state index contributed by atoms with van der Waals surface area (Å²) in [5.74, 6) is 0.785. The van der Waals surface area contributed by atoms with E-state index in [1.54, 1.807) is 12.1 Å². The average molecular weight is 296 g/mol. The first kappa shape index (κ1) is 15.9. The molecule has 0 aliphatic carbocycles. The van der Waals surface area contributed by atoms with Crippen molar-refractivity contribution < 1.29 is 19.4 Å². The summed E-state index contributed by atoms with van der Waals surface area (Å²) in [7, 11) is 0. The Balaban J connectivity index is 2.57. The Morgan fingerprint density at radius 1 is 1.55 bits per heavy atom. The Morgan fingerprint density at radius 2 is 2.25 bits per heavy atom. The van der Waals surface area contributed by atoms with Crippen LogP contribution in [0.1, 0.15) is 12.0 Å². The van der Waals surface area contributed by atoms with E-state index in [1.165, 1.54) is 0 Å². The molecule has 1 aromatic carbocycles. The van der Waals surface area contributed by atoms with E-state index in [0.717, 1.165) is 5.56 Å². The number of amides is 1. The van der Waals surface area contributed by atoms with Gasteiger partial charge in [0.05, 0.1) is 5.02 Å². The maximum atomic E-state index is 11.6. The third-order valence-corrected chi connectivity index (χ3v) is 2.71. The van der Waals surface area contributed by atoms with E-state index < -0.39 is 17.9 Å². The normalized spacial score (nSPS) is 11.2. The van der Waals surface area contributed by atoms with Gasteiger partial charge in [-0.15, -0.1) is 12.3 Å². The molecule has 106 valence electrons. The number of ether oxygens (including phenoxy) is 1. The number of benzene rings is 1. The van der Waals surface area contributed by atoms with Gasteiger partial charge in [0.2, 0.25) is 0 Å². The van der Waals surface area contributed by atoms with E-state index in [4.69, 9.17) is 27.9 Å². The van der Waals surface area contributed by atoms with Crippen LogP contribution in [0.25, 0.3) is 0 Å². The van der Waals surface area contributed by atoms with Crippen LogP contribution in [0.5, 0.6) is 5.75 Å². The molecular weight excluding hydrogens is 282 g/mol. The molecule has 0 fully saturated rings. The van der Waals surface area contributed by atoms with Crippen molar-refractivity contribution in [1.82, 2.24) is 5.32 Å². The highest BCUT2D eigenvalue weighted by molar-refractivity contribution is 6.32. The molecule has 1 atom stereocenters. The fourth-order valence-electron chi connectivity index (χ4n) is 1.42. The van der Waals surface area contributed by atoms with Crippen LogP contribution in [0.3, 0.4) is 0 Å². The molecule has 0 heterocycles. The summed E-state index contributed by atoms with van der Waals surface area (Å²) in [5, 5.41) is 11.5. The van der Waals surface area contributed by atoms with Gasteiger partial charge in [0.15, 0.2) is 6.61 Å². The molecule has 1 amide bonds. The number of halogens is 1. The van der Waals surface area contributed by atoms with Crippen molar-refractivity contribution in [1.29, 1.82) is 0 Å². The highest BCUT2D eigenvalue weighted by Crippen LogP contribution is 2.24. The maximum absolute atomic E-state index is 11.6. The van der Waals surface area contributed by atoms with Gasteiger partial charge in [0.1, 0.15) is 11.8 Å². The topological polar surface area (TPSA) is 75.6 Å². The molecule has 0 spiro atoms. The van der Waals surface area contributed by atoms with Gasteiger partial charge in [0.25, 0.3) is 5.91 Å². The molecule has 5 nitrogen and oxygen atoms in total. The second-order valence-corrected chi connectivity index (χ2v) is 4.50. The van der Waals surface area contributed by atoms with E-state index in [1.807, 2.05) is 13.0 Å². The molecule has 1 rings (SSSR count). The van der Waals surface area contributed by atoms with Crippen molar-refractivity contribution in [2.45, 2.75) is 19.4 Å². The molecule has 20 heavy (non-hydrogen) atoms. The number of carboxylic acids is 1. The van der Waals surface area contributed by atoms with E-state index in [2.05, 4.69) is 11.2 Å². The van der Waals surface area contributed by atoms with E-state index in [0.29, 0.717) is 10.8 Å². The zero-order valence-electron chi connectivity index (χ0n) is 10.9. The second kappa shape index (κ2) is 7.41. The minimum Gasteiger partial charge on any atom is -0.482 e. The van der Waals surface area contributed by atoms with Crippen molar-refractivity contribution in [3.05, 3.63) is 28.8 Å². The van der Waals surface area contributed by atoms with Gasteiger partial charge in [-0.3, -0.25) is 4.79 Å². The molecule has 0 radical (unpaired) electrons. The summed E-state index contributed by atoms with van der Waals surface area (Å²) >= 11 is 5.91. The van der Waals surface area contributed by atoms with Crippen LogP contribution in [0.4, 0.5) is 0 Å². The smallest absolute Gasteiger partial charge is 0.327 e. The van der Waals surface area contributed by atoms with Gasteiger partial charge >= 0.3 is 5.97 Å². The van der Waals surface area contributed by atoms with Crippen molar-refractivity contribution >= 4 is 23.5 Å². The van der Waals surface area contributed by atoms with Crippen LogP contribution in [0.15, 0.2) is 18.2 Å². The van der Waals surface area contributed by atoms with Gasteiger partial charge in [0, 0.05) is 6.42 Å². The van der Waals surface area contributed by atoms with Gasteiger partial charge in [-0.2, -0.15) is 0 Å². The first-order chi connectivity index (χ1) is 9.43. The van der Waals surface area contributed by atoms with Crippen LogP contribution in [0.2, 0.25) is 5.02 Å². The maximum Gasteiger partial charge on any atom is 0.327 e. The number of carbonyl (C=O) groups excluding carboxylic acids is 1. The highest BCUT2D eigenvalue weighted by Gasteiger charge is 2.19. The average Bonchev–Trinajstić information content (AvgIpc) is 2.39. The quantitative estimate of drug-likeness (QED) is 0.782. The van der Waals surface area contributed by atoms with Gasteiger partial charge in [-0.05, 0) is 24.6 Å². The SMILES string of the molecule is C#CCC(NC(=O)COc1cc(C)ccc1Cl)C(=O)O. The van der Waals surface area contributed by atoms with Crippen molar-refractivity contribution in [3.8, 4) is 18.1 Å². The third kappa shape index (κ3) is 4.82. The number of aryl methyl sites for hydroxylation is 1. The Hall–Kier alpha value is -2.19. The molecule has 6 heteroatoms. The van der Waals surface area contributed by atoms with Crippen molar-refractivity contribution in [3.63, 3.8) is 0 Å². The van der Waals surface area contributed by atoms with Gasteiger partial charge in [-0.25, -0.2) is 4.79 Å². The summed E-state index contributed by atoms with van der Waals surface area (Å²) in [6.07, 6.45) is 4.94. The minimum absolute atomic E-state index is 0.0910. The van der Waals surface area contributed by atoms with Gasteiger partial charge < -0.3 is 15.2 Å². The summed E-state index contributed by atoms with van der Waals surface area (Å²) in [4.78, 5) is 22.4. The lowest BCUT2D eigenvalue weighted by atomic mass is 10.2. The van der Waals surface area contributed by atoms with Crippen molar-refractivity contribution in [2.75, 3.05) is 6.61 Å². The van der Waals surface area contributed by atoms with Crippen LogP contribution in [-0.2, 0) is 9.59 Å². The second-order valence-electron chi connectivity index (χ2n) is 4.09. The predicted octanol–water partition coefficient (Wildman–Crippen LogP) is 1.62. The van der Waals surface area contributed by atoms with Crippen LogP contribution in [-0.4, -0.2) is 29.6 Å². The van der Waals surface area contributed by atoms with E-state index in [-0.39, 0.29) is 13.0 Å². The van der Waals surface area contributed by atoms with Crippen LogP contribution >= 0.6 is 11.6 Å². The van der Waals surface area contributed by atoms with Crippen LogP contribution in [0, 0.1) is 19.3 Å². The molecule has 1 unspecified atom stereocenters. The molecule has 0 aliphatic rings. The molecule has 0 saturated heterocycles. The summed E-state index contributed by atoms with van der Waals surface area (Å²) in [6.45, 7) is 1.52. The zero-order valence-corrected chi connectivity index (χ0v) is 11.6. The fourth-order valence-corrected chi connectivity index (χ4v) is 1.59. The lowest BCUT2D eigenvalue weighted by molar-refractivity contribution is -0.141. The molecule has 1 aromatic rings. The van der Waals surface area contributed by atoms with Crippen LogP contribution < -0.4 is 10.1 Å². The first-order valence-corrected chi connectivity index (χ1v) is 6.16. The predicted molar refractivity (Wildman–Crippen MR) is 74.7 cm³/mol. The number of terminal acetylenes is 1. The van der Waals surface area contributed by atoms with E-state index >= 15 is 0 Å². The minimum atomic E-state index is -1.19. The molecule has 2 N–H and O–H groups in total. The highest BCUT2D eigenvalue weighted by atomic mass is 35.5. The zero-order chi connectivity index (χ0) is 15.1. The number of carbonyl (C=O) groups is 2. The number of aliphatic carboxylic acids is 1. The molecule has 0 bridgehead atoms. The molecular formula is C14H14ClNO4. The Labute approximate surface area is 121 Å². The van der Waals surface area contributed by atoms with Gasteiger partial charge in [-0.1, -0.05) is 17.7 Å². The number of carboxylic acid groups (broad SMARTS) is 1. The standard InChI is InChI=1S/C14H14ClNO4/c1-3-4-11(14(18)19)16-13(17)8-20-12-7-9(2)5-6-10(12)15/h1,5-7,11H,4,8H2,2H3,(H,16,17)(H,18,19). The number of hydrogen-bond acceptors (Lipinski definition) is 3. The summed E-state index contributed by atoms with van der Waals surface area (Å²) in [6, 6.07) is 4.03. The lowest BCUT2D eigenvalue weighted by Gasteiger charge is -2.13. The monoisotopic (exact) mass is 295 g/mol. The molecule has 0 aromatic heterocycles. The summed E-state index contributed by atoms with van der Waals surface area (Å²) < 4.78 is 5.25. The number of rotatable bonds is 6.